The maximum absolute atomic E-state index is 9.38. The van der Waals surface area contributed by atoms with Crippen LogP contribution in [0, 0.1) is 0 Å². The van der Waals surface area contributed by atoms with Gasteiger partial charge in [0.2, 0.25) is 0 Å². The van der Waals surface area contributed by atoms with Crippen LogP contribution in [0.5, 0.6) is 0 Å². The van der Waals surface area contributed by atoms with E-state index >= 15 is 0 Å². The van der Waals surface area contributed by atoms with Crippen LogP contribution in [0.1, 0.15) is 18.9 Å². The molecule has 6 heteroatoms. The Hall–Kier alpha value is -1.82. The predicted octanol–water partition coefficient (Wildman–Crippen LogP) is 0.111. The highest BCUT2D eigenvalue weighted by molar-refractivity contribution is 5.10. The van der Waals surface area contributed by atoms with Crippen LogP contribution in [0.25, 0.3) is 5.95 Å². The van der Waals surface area contributed by atoms with Gasteiger partial charge in [-0.1, -0.05) is 0 Å². The molecular weight excluding hydrogens is 182 g/mol. The van der Waals surface area contributed by atoms with E-state index in [0.29, 0.717) is 11.8 Å². The summed E-state index contributed by atoms with van der Waals surface area (Å²) in [6, 6.07) is 1.71. The molecule has 2 rings (SSSR count). The molecule has 2 aromatic heterocycles. The summed E-state index contributed by atoms with van der Waals surface area (Å²) >= 11 is 0. The largest absolute Gasteiger partial charge is 0.385 e. The number of hydrogen-bond donors (Lipinski definition) is 1. The average Bonchev–Trinajstić information content (AvgIpc) is 2.67. The normalized spacial score (nSPS) is 12.7. The summed E-state index contributed by atoms with van der Waals surface area (Å²) in [6.45, 7) is 1.61. The minimum atomic E-state index is -0.693. The van der Waals surface area contributed by atoms with Gasteiger partial charge in [-0.05, 0) is 13.0 Å². The highest BCUT2D eigenvalue weighted by Crippen LogP contribution is 2.09. The Morgan fingerprint density at radius 2 is 2.00 bits per heavy atom. The van der Waals surface area contributed by atoms with Crippen molar-refractivity contribution in [1.29, 1.82) is 0 Å². The first-order valence-corrected chi connectivity index (χ1v) is 4.14. The molecule has 14 heavy (non-hydrogen) atoms. The summed E-state index contributed by atoms with van der Waals surface area (Å²) in [5.41, 5.74) is 0. The Balaban J connectivity index is 2.47. The van der Waals surface area contributed by atoms with Gasteiger partial charge in [0.25, 0.3) is 5.95 Å². The lowest BCUT2D eigenvalue weighted by atomic mass is 10.4. The second kappa shape index (κ2) is 3.51. The molecule has 0 bridgehead atoms. The molecule has 6 nitrogen and oxygen atoms in total. The van der Waals surface area contributed by atoms with Crippen LogP contribution in [0.15, 0.2) is 24.8 Å². The fraction of sp³-hybridized carbons (Fsp3) is 0.250. The molecule has 0 saturated heterocycles. The second-order valence-electron chi connectivity index (χ2n) is 2.75. The molecule has 0 amide bonds. The van der Waals surface area contributed by atoms with Crippen LogP contribution in [0.3, 0.4) is 0 Å². The molecule has 2 aromatic rings. The van der Waals surface area contributed by atoms with Gasteiger partial charge in [0.15, 0.2) is 5.82 Å². The van der Waals surface area contributed by atoms with Gasteiger partial charge >= 0.3 is 0 Å². The van der Waals surface area contributed by atoms with Crippen LogP contribution in [0.2, 0.25) is 0 Å². The van der Waals surface area contributed by atoms with Gasteiger partial charge in [0.1, 0.15) is 12.4 Å². The Bertz CT molecular complexity index is 411. The zero-order valence-corrected chi connectivity index (χ0v) is 7.57. The van der Waals surface area contributed by atoms with Crippen LogP contribution in [-0.2, 0) is 0 Å². The first-order valence-electron chi connectivity index (χ1n) is 4.14. The molecule has 72 valence electrons. The lowest BCUT2D eigenvalue weighted by Gasteiger charge is -2.04. The summed E-state index contributed by atoms with van der Waals surface area (Å²) in [7, 11) is 0. The first kappa shape index (κ1) is 8.76. The molecule has 0 aliphatic rings. The zero-order valence-electron chi connectivity index (χ0n) is 7.57. The van der Waals surface area contributed by atoms with Gasteiger partial charge in [-0.3, -0.25) is 0 Å². The van der Waals surface area contributed by atoms with E-state index in [2.05, 4.69) is 20.1 Å². The third-order valence-electron chi connectivity index (χ3n) is 1.69. The molecule has 0 aromatic carbocycles. The molecule has 0 saturated carbocycles. The maximum atomic E-state index is 9.38. The minimum absolute atomic E-state index is 0.404. The maximum Gasteiger partial charge on any atom is 0.252 e. The Morgan fingerprint density at radius 3 is 2.64 bits per heavy atom. The zero-order chi connectivity index (χ0) is 9.97. The van der Waals surface area contributed by atoms with Gasteiger partial charge in [-0.15, -0.1) is 0 Å². The molecule has 0 spiro atoms. The smallest absolute Gasteiger partial charge is 0.252 e. The Morgan fingerprint density at radius 1 is 1.29 bits per heavy atom. The van der Waals surface area contributed by atoms with Gasteiger partial charge in [-0.2, -0.15) is 9.78 Å². The number of aliphatic hydroxyl groups is 1. The third kappa shape index (κ3) is 1.47. The topological polar surface area (TPSA) is 76.7 Å². The summed E-state index contributed by atoms with van der Waals surface area (Å²) in [5.74, 6) is 0.831. The number of rotatable bonds is 2. The lowest BCUT2D eigenvalue weighted by molar-refractivity contribution is 0.185. The van der Waals surface area contributed by atoms with Crippen LogP contribution < -0.4 is 0 Å². The van der Waals surface area contributed by atoms with Crippen LogP contribution in [0.4, 0.5) is 0 Å². The van der Waals surface area contributed by atoms with Crippen molar-refractivity contribution < 1.29 is 5.11 Å². The van der Waals surface area contributed by atoms with Crippen LogP contribution in [-0.4, -0.2) is 29.8 Å². The minimum Gasteiger partial charge on any atom is -0.385 e. The van der Waals surface area contributed by atoms with E-state index in [9.17, 15) is 5.11 Å². The second-order valence-corrected chi connectivity index (χ2v) is 2.75. The summed E-state index contributed by atoms with van der Waals surface area (Å²) < 4.78 is 1.41. The summed E-state index contributed by atoms with van der Waals surface area (Å²) in [5, 5.41) is 13.3. The van der Waals surface area contributed by atoms with E-state index in [1.807, 2.05) is 0 Å². The Kier molecular flexibility index (Phi) is 2.19. The molecule has 1 unspecified atom stereocenters. The highest BCUT2D eigenvalue weighted by atomic mass is 16.3. The SMILES string of the molecule is CC(O)c1ncnn1-c1ncccn1. The molecule has 0 radical (unpaired) electrons. The van der Waals surface area contributed by atoms with Crippen molar-refractivity contribution in [1.82, 2.24) is 24.7 Å². The number of nitrogens with zero attached hydrogens (tertiary/aromatic N) is 5. The molecule has 1 atom stereocenters. The van der Waals surface area contributed by atoms with Crippen molar-refractivity contribution in [3.8, 4) is 5.95 Å². The molecule has 0 fully saturated rings. The van der Waals surface area contributed by atoms with Gasteiger partial charge in [0, 0.05) is 12.4 Å². The quantitative estimate of drug-likeness (QED) is 0.729. The van der Waals surface area contributed by atoms with E-state index in [0.717, 1.165) is 0 Å². The van der Waals surface area contributed by atoms with Crippen molar-refractivity contribution in [3.63, 3.8) is 0 Å². The number of aliphatic hydroxyl groups excluding tert-OH is 1. The first-order chi connectivity index (χ1) is 6.79. The summed E-state index contributed by atoms with van der Waals surface area (Å²) in [6.07, 6.45) is 3.88. The van der Waals surface area contributed by atoms with Gasteiger partial charge in [0.05, 0.1) is 0 Å². The Labute approximate surface area is 80.3 Å². The fourth-order valence-corrected chi connectivity index (χ4v) is 1.09. The lowest BCUT2D eigenvalue weighted by Crippen LogP contribution is -2.09. The standard InChI is InChI=1S/C8H9N5O/c1-6(14)7-11-5-12-13(7)8-9-3-2-4-10-8/h2-6,14H,1H3. The molecule has 0 aliphatic heterocycles. The predicted molar refractivity (Wildman–Crippen MR) is 47.6 cm³/mol. The third-order valence-corrected chi connectivity index (χ3v) is 1.69. The molecule has 1 N–H and O–H groups in total. The van der Waals surface area contributed by atoms with Crippen molar-refractivity contribution in [2.24, 2.45) is 0 Å². The highest BCUT2D eigenvalue weighted by Gasteiger charge is 2.12. The van der Waals surface area contributed by atoms with E-state index in [-0.39, 0.29) is 0 Å². The van der Waals surface area contributed by atoms with E-state index in [1.54, 1.807) is 25.4 Å². The van der Waals surface area contributed by atoms with Crippen molar-refractivity contribution in [2.45, 2.75) is 13.0 Å². The fourth-order valence-electron chi connectivity index (χ4n) is 1.09. The van der Waals surface area contributed by atoms with E-state index in [4.69, 9.17) is 0 Å². The summed E-state index contributed by atoms with van der Waals surface area (Å²) in [4.78, 5) is 11.9. The average molecular weight is 191 g/mol. The van der Waals surface area contributed by atoms with Crippen molar-refractivity contribution in [2.75, 3.05) is 0 Å². The molecule has 2 heterocycles. The van der Waals surface area contributed by atoms with Gasteiger partial charge in [-0.25, -0.2) is 15.0 Å². The van der Waals surface area contributed by atoms with Crippen molar-refractivity contribution in [3.05, 3.63) is 30.6 Å². The van der Waals surface area contributed by atoms with Crippen molar-refractivity contribution >= 4 is 0 Å². The van der Waals surface area contributed by atoms with E-state index in [1.165, 1.54) is 11.0 Å². The molecule has 0 aliphatic carbocycles. The number of aromatic nitrogens is 5. The monoisotopic (exact) mass is 191 g/mol. The number of hydrogen-bond acceptors (Lipinski definition) is 5. The molecular formula is C8H9N5O. The van der Waals surface area contributed by atoms with Gasteiger partial charge < -0.3 is 5.11 Å². The van der Waals surface area contributed by atoms with Crippen LogP contribution >= 0.6 is 0 Å². The van der Waals surface area contributed by atoms with E-state index < -0.39 is 6.10 Å².